The normalized spacial score (nSPS) is 14.8. The molecule has 2 aromatic carbocycles. The highest BCUT2D eigenvalue weighted by atomic mass is 35.5. The SMILES string of the molecule is O=S(=O)(c1ccc(Cl)cc1)N(CCF)c1nc(N2CCNCC2)nc2ccccc12. The van der Waals surface area contributed by atoms with E-state index in [0.717, 1.165) is 17.4 Å². The molecule has 0 amide bonds. The van der Waals surface area contributed by atoms with Crippen LogP contribution < -0.4 is 14.5 Å². The topological polar surface area (TPSA) is 78.4 Å². The van der Waals surface area contributed by atoms with Crippen molar-refractivity contribution >= 4 is 44.3 Å². The van der Waals surface area contributed by atoms with Crippen LogP contribution in [-0.4, -0.2) is 57.8 Å². The predicted octanol–water partition coefficient (Wildman–Crippen LogP) is 2.86. The largest absolute Gasteiger partial charge is 0.338 e. The van der Waals surface area contributed by atoms with Crippen molar-refractivity contribution in [1.82, 2.24) is 15.3 Å². The van der Waals surface area contributed by atoms with Crippen LogP contribution in [0.2, 0.25) is 5.02 Å². The number of hydrogen-bond donors (Lipinski definition) is 1. The zero-order chi connectivity index (χ0) is 21.1. The molecule has 0 atom stereocenters. The maximum Gasteiger partial charge on any atom is 0.265 e. The lowest BCUT2D eigenvalue weighted by Gasteiger charge is -2.29. The quantitative estimate of drug-likeness (QED) is 0.623. The fourth-order valence-corrected chi connectivity index (χ4v) is 4.93. The Morgan fingerprint density at radius 2 is 1.77 bits per heavy atom. The summed E-state index contributed by atoms with van der Waals surface area (Å²) in [6.45, 7) is 1.75. The molecule has 1 aliphatic heterocycles. The maximum atomic E-state index is 13.5. The molecular formula is C20H21ClFN5O2S. The molecule has 1 aromatic heterocycles. The number of benzene rings is 2. The summed E-state index contributed by atoms with van der Waals surface area (Å²) in [4.78, 5) is 11.2. The monoisotopic (exact) mass is 449 g/mol. The van der Waals surface area contributed by atoms with Crippen LogP contribution in [0.3, 0.4) is 0 Å². The number of aromatic nitrogens is 2. The van der Waals surface area contributed by atoms with E-state index in [9.17, 15) is 12.8 Å². The first-order chi connectivity index (χ1) is 14.5. The molecule has 158 valence electrons. The van der Waals surface area contributed by atoms with Gasteiger partial charge in [-0.25, -0.2) is 22.1 Å². The summed E-state index contributed by atoms with van der Waals surface area (Å²) in [7, 11) is -4.06. The minimum absolute atomic E-state index is 0.0202. The van der Waals surface area contributed by atoms with Gasteiger partial charge in [0.15, 0.2) is 5.82 Å². The molecule has 0 spiro atoms. The minimum atomic E-state index is -4.06. The number of fused-ring (bicyclic) bond motifs is 1. The third-order valence-corrected chi connectivity index (χ3v) is 6.95. The summed E-state index contributed by atoms with van der Waals surface area (Å²) >= 11 is 5.90. The Hall–Kier alpha value is -2.49. The first-order valence-corrected chi connectivity index (χ1v) is 11.4. The Morgan fingerprint density at radius 1 is 1.07 bits per heavy atom. The van der Waals surface area contributed by atoms with Crippen molar-refractivity contribution in [1.29, 1.82) is 0 Å². The molecule has 10 heteroatoms. The zero-order valence-electron chi connectivity index (χ0n) is 16.1. The van der Waals surface area contributed by atoms with Gasteiger partial charge < -0.3 is 10.2 Å². The van der Waals surface area contributed by atoms with Crippen LogP contribution in [0, 0.1) is 0 Å². The van der Waals surface area contributed by atoms with Gasteiger partial charge in [-0.3, -0.25) is 0 Å². The Balaban J connectivity index is 1.88. The molecule has 1 saturated heterocycles. The standard InChI is InChI=1S/C20H21ClFN5O2S/c21-15-5-7-16(8-6-15)30(28,29)27(12-9-22)19-17-3-1-2-4-18(17)24-20(25-19)26-13-10-23-11-14-26/h1-8,23H,9-14H2. The van der Waals surface area contributed by atoms with E-state index in [2.05, 4.69) is 15.3 Å². The second kappa shape index (κ2) is 8.71. The lowest BCUT2D eigenvalue weighted by atomic mass is 10.2. The van der Waals surface area contributed by atoms with E-state index in [0.29, 0.717) is 35.0 Å². The summed E-state index contributed by atoms with van der Waals surface area (Å²) in [6.07, 6.45) is 0. The number of nitrogens with zero attached hydrogens (tertiary/aromatic N) is 4. The molecule has 1 fully saturated rings. The summed E-state index contributed by atoms with van der Waals surface area (Å²) in [6, 6.07) is 12.9. The number of anilines is 2. The molecule has 0 radical (unpaired) electrons. The molecule has 1 N–H and O–H groups in total. The Morgan fingerprint density at radius 3 is 2.47 bits per heavy atom. The second-order valence-corrected chi connectivity index (χ2v) is 9.12. The van der Waals surface area contributed by atoms with E-state index in [1.165, 1.54) is 24.3 Å². The fourth-order valence-electron chi connectivity index (χ4n) is 3.39. The van der Waals surface area contributed by atoms with Gasteiger partial charge in [0.05, 0.1) is 17.0 Å². The second-order valence-electron chi connectivity index (χ2n) is 6.82. The number of halogens is 2. The molecule has 4 rings (SSSR count). The van der Waals surface area contributed by atoms with Crippen LogP contribution in [0.15, 0.2) is 53.4 Å². The van der Waals surface area contributed by atoms with Gasteiger partial charge >= 0.3 is 0 Å². The molecule has 7 nitrogen and oxygen atoms in total. The average molecular weight is 450 g/mol. The molecule has 0 saturated carbocycles. The molecule has 2 heterocycles. The van der Waals surface area contributed by atoms with Gasteiger partial charge in [-0.1, -0.05) is 23.7 Å². The van der Waals surface area contributed by atoms with Gasteiger partial charge in [0.25, 0.3) is 10.0 Å². The predicted molar refractivity (Wildman–Crippen MR) is 117 cm³/mol. The van der Waals surface area contributed by atoms with Gasteiger partial charge in [-0.05, 0) is 36.4 Å². The Kier molecular flexibility index (Phi) is 6.03. The molecule has 30 heavy (non-hydrogen) atoms. The van der Waals surface area contributed by atoms with Gasteiger partial charge in [-0.15, -0.1) is 0 Å². The van der Waals surface area contributed by atoms with E-state index < -0.39 is 16.7 Å². The van der Waals surface area contributed by atoms with Crippen LogP contribution in [-0.2, 0) is 10.0 Å². The summed E-state index contributed by atoms with van der Waals surface area (Å²) in [5.74, 6) is 0.599. The average Bonchev–Trinajstić information content (AvgIpc) is 2.77. The highest BCUT2D eigenvalue weighted by molar-refractivity contribution is 7.92. The van der Waals surface area contributed by atoms with Gasteiger partial charge in [0.2, 0.25) is 5.95 Å². The van der Waals surface area contributed by atoms with Crippen molar-refractivity contribution in [3.8, 4) is 0 Å². The summed E-state index contributed by atoms with van der Waals surface area (Å²) in [5, 5.41) is 4.23. The van der Waals surface area contributed by atoms with Crippen LogP contribution in [0.4, 0.5) is 16.2 Å². The number of alkyl halides is 1. The van der Waals surface area contributed by atoms with Crippen LogP contribution in [0.1, 0.15) is 0 Å². The van der Waals surface area contributed by atoms with Crippen molar-refractivity contribution in [2.24, 2.45) is 0 Å². The zero-order valence-corrected chi connectivity index (χ0v) is 17.7. The molecular weight excluding hydrogens is 429 g/mol. The first kappa shape index (κ1) is 20.8. The van der Waals surface area contributed by atoms with E-state index >= 15 is 0 Å². The molecule has 0 aliphatic carbocycles. The lowest BCUT2D eigenvalue weighted by molar-refractivity contribution is 0.499. The number of hydrogen-bond acceptors (Lipinski definition) is 6. The summed E-state index contributed by atoms with van der Waals surface area (Å²) < 4.78 is 41.3. The van der Waals surface area contributed by atoms with E-state index in [4.69, 9.17) is 11.6 Å². The van der Waals surface area contributed by atoms with Crippen molar-refractivity contribution < 1.29 is 12.8 Å². The van der Waals surface area contributed by atoms with Crippen LogP contribution >= 0.6 is 11.6 Å². The van der Waals surface area contributed by atoms with E-state index in [-0.39, 0.29) is 17.3 Å². The van der Waals surface area contributed by atoms with Gasteiger partial charge in [0, 0.05) is 36.6 Å². The van der Waals surface area contributed by atoms with Gasteiger partial charge in [-0.2, -0.15) is 4.98 Å². The van der Waals surface area contributed by atoms with Gasteiger partial charge in [0.1, 0.15) is 6.67 Å². The number of piperazine rings is 1. The van der Waals surface area contributed by atoms with Crippen molar-refractivity contribution in [2.75, 3.05) is 48.6 Å². The number of sulfonamides is 1. The number of nitrogens with one attached hydrogen (secondary N) is 1. The minimum Gasteiger partial charge on any atom is -0.338 e. The van der Waals surface area contributed by atoms with E-state index in [1.807, 2.05) is 11.0 Å². The molecule has 3 aromatic rings. The Labute approximate surface area is 179 Å². The number of para-hydroxylation sites is 1. The highest BCUT2D eigenvalue weighted by Crippen LogP contribution is 2.31. The van der Waals surface area contributed by atoms with Crippen LogP contribution in [0.5, 0.6) is 0 Å². The molecule has 1 aliphatic rings. The third kappa shape index (κ3) is 4.05. The highest BCUT2D eigenvalue weighted by Gasteiger charge is 2.29. The smallest absolute Gasteiger partial charge is 0.265 e. The van der Waals surface area contributed by atoms with Crippen LogP contribution in [0.25, 0.3) is 10.9 Å². The van der Waals surface area contributed by atoms with Crippen molar-refractivity contribution in [3.63, 3.8) is 0 Å². The van der Waals surface area contributed by atoms with Crippen molar-refractivity contribution in [3.05, 3.63) is 53.6 Å². The summed E-state index contributed by atoms with van der Waals surface area (Å²) in [5.41, 5.74) is 0.603. The number of rotatable bonds is 6. The first-order valence-electron chi connectivity index (χ1n) is 9.57. The third-order valence-electron chi connectivity index (χ3n) is 4.90. The maximum absolute atomic E-state index is 13.5. The van der Waals surface area contributed by atoms with E-state index in [1.54, 1.807) is 18.2 Å². The Bertz CT molecular complexity index is 1140. The van der Waals surface area contributed by atoms with Crippen molar-refractivity contribution in [2.45, 2.75) is 4.90 Å². The lowest BCUT2D eigenvalue weighted by Crippen LogP contribution is -2.44. The molecule has 0 unspecified atom stereocenters. The fraction of sp³-hybridized carbons (Fsp3) is 0.300. The molecule has 0 bridgehead atoms.